The van der Waals surface area contributed by atoms with Crippen molar-refractivity contribution in [1.29, 1.82) is 0 Å². The van der Waals surface area contributed by atoms with Gasteiger partial charge in [0.25, 0.3) is 0 Å². The number of hydrogen-bond donors (Lipinski definition) is 0. The Morgan fingerprint density at radius 1 is 1.08 bits per heavy atom. The third kappa shape index (κ3) is 2.17. The van der Waals surface area contributed by atoms with Crippen LogP contribution < -0.4 is 0 Å². The van der Waals surface area contributed by atoms with Crippen LogP contribution in [0.4, 0.5) is 0 Å². The fraction of sp³-hybridized carbons (Fsp3) is 0.158. The highest BCUT2D eigenvalue weighted by atomic mass is 16.1. The number of benzene rings is 1. The second-order valence-electron chi connectivity index (χ2n) is 6.26. The summed E-state index contributed by atoms with van der Waals surface area (Å²) in [5.74, 6) is 1.48. The predicted molar refractivity (Wildman–Crippen MR) is 91.1 cm³/mol. The van der Waals surface area contributed by atoms with Crippen molar-refractivity contribution in [3.8, 4) is 11.1 Å². The first-order chi connectivity index (χ1) is 11.8. The zero-order valence-electron chi connectivity index (χ0n) is 12.9. The molecule has 1 saturated carbocycles. The molecule has 3 aromatic heterocycles. The van der Waals surface area contributed by atoms with E-state index < -0.39 is 0 Å². The molecule has 3 heterocycles. The van der Waals surface area contributed by atoms with E-state index in [0.717, 1.165) is 39.8 Å². The number of hydrogen-bond acceptors (Lipinski definition) is 4. The molecule has 0 aliphatic heterocycles. The Balaban J connectivity index is 1.62. The summed E-state index contributed by atoms with van der Waals surface area (Å²) in [6, 6.07) is 11.6. The molecule has 0 radical (unpaired) electrons. The lowest BCUT2D eigenvalue weighted by Crippen LogP contribution is -1.89. The molecule has 5 rings (SSSR count). The van der Waals surface area contributed by atoms with Crippen molar-refractivity contribution in [3.05, 3.63) is 60.2 Å². The maximum absolute atomic E-state index is 11.0. The van der Waals surface area contributed by atoms with Gasteiger partial charge in [0.1, 0.15) is 6.29 Å². The van der Waals surface area contributed by atoms with Crippen LogP contribution in [0.25, 0.3) is 27.7 Å². The number of carbonyl (C=O) groups is 1. The number of fused-ring (bicyclic) bond motifs is 2. The fourth-order valence-corrected chi connectivity index (χ4v) is 2.97. The second-order valence-corrected chi connectivity index (χ2v) is 6.26. The molecule has 0 unspecified atom stereocenters. The third-order valence-corrected chi connectivity index (χ3v) is 4.47. The van der Waals surface area contributed by atoms with Gasteiger partial charge in [-0.2, -0.15) is 5.10 Å². The molecule has 0 amide bonds. The molecule has 0 saturated heterocycles. The van der Waals surface area contributed by atoms with Crippen LogP contribution in [-0.4, -0.2) is 25.9 Å². The molecule has 24 heavy (non-hydrogen) atoms. The Bertz CT molecular complexity index is 1100. The number of aldehydes is 1. The highest BCUT2D eigenvalue weighted by Crippen LogP contribution is 2.38. The molecular formula is C19H14N4O. The van der Waals surface area contributed by atoms with Crippen LogP contribution in [0.5, 0.6) is 0 Å². The minimum atomic E-state index is 0.539. The molecule has 1 aromatic carbocycles. The van der Waals surface area contributed by atoms with Crippen molar-refractivity contribution >= 4 is 22.8 Å². The minimum Gasteiger partial charge on any atom is -0.298 e. The first-order valence-corrected chi connectivity index (χ1v) is 8.02. The highest BCUT2D eigenvalue weighted by Gasteiger charge is 2.27. The lowest BCUT2D eigenvalue weighted by atomic mass is 10.1. The summed E-state index contributed by atoms with van der Waals surface area (Å²) in [4.78, 5) is 20.1. The number of carbonyl (C=O) groups excluding carboxylic acids is 1. The van der Waals surface area contributed by atoms with Crippen LogP contribution in [0.3, 0.4) is 0 Å². The van der Waals surface area contributed by atoms with Crippen molar-refractivity contribution < 1.29 is 4.79 Å². The van der Waals surface area contributed by atoms with E-state index in [9.17, 15) is 4.79 Å². The van der Waals surface area contributed by atoms with E-state index in [1.54, 1.807) is 6.07 Å². The number of pyridine rings is 2. The van der Waals surface area contributed by atoms with E-state index in [2.05, 4.69) is 21.1 Å². The van der Waals surface area contributed by atoms with E-state index in [0.29, 0.717) is 11.5 Å². The highest BCUT2D eigenvalue weighted by molar-refractivity contribution is 5.89. The van der Waals surface area contributed by atoms with Gasteiger partial charge in [-0.25, -0.2) is 9.50 Å². The normalized spacial score (nSPS) is 14.3. The van der Waals surface area contributed by atoms with Gasteiger partial charge in [0, 0.05) is 34.8 Å². The van der Waals surface area contributed by atoms with Crippen LogP contribution in [0.2, 0.25) is 0 Å². The molecule has 0 spiro atoms. The summed E-state index contributed by atoms with van der Waals surface area (Å²) in [6.07, 6.45) is 7.03. The number of rotatable bonds is 3. The van der Waals surface area contributed by atoms with Gasteiger partial charge in [-0.1, -0.05) is 0 Å². The van der Waals surface area contributed by atoms with Crippen molar-refractivity contribution in [3.63, 3.8) is 0 Å². The molecule has 1 aliphatic rings. The van der Waals surface area contributed by atoms with Gasteiger partial charge in [-0.05, 0) is 54.8 Å². The Hall–Kier alpha value is -3.08. The van der Waals surface area contributed by atoms with Crippen LogP contribution in [0, 0.1) is 0 Å². The fourth-order valence-electron chi connectivity index (χ4n) is 2.97. The predicted octanol–water partition coefficient (Wildman–Crippen LogP) is 3.63. The second kappa shape index (κ2) is 4.96. The molecule has 1 fully saturated rings. The summed E-state index contributed by atoms with van der Waals surface area (Å²) in [5, 5.41) is 5.49. The van der Waals surface area contributed by atoms with Gasteiger partial charge in [0.05, 0.1) is 5.52 Å². The van der Waals surface area contributed by atoms with Gasteiger partial charge in [0.15, 0.2) is 11.5 Å². The van der Waals surface area contributed by atoms with Crippen molar-refractivity contribution in [1.82, 2.24) is 19.6 Å². The van der Waals surface area contributed by atoms with Crippen LogP contribution in [0.1, 0.15) is 34.9 Å². The van der Waals surface area contributed by atoms with E-state index in [-0.39, 0.29) is 0 Å². The molecule has 0 N–H and O–H groups in total. The smallest absolute Gasteiger partial charge is 0.156 e. The summed E-state index contributed by atoms with van der Waals surface area (Å²) in [6.45, 7) is 0. The molecule has 0 bridgehead atoms. The Morgan fingerprint density at radius 3 is 2.83 bits per heavy atom. The molecule has 5 heteroatoms. The average molecular weight is 314 g/mol. The standard InChI is InChI=1S/C19H14N4O/c24-11-12-1-4-17-15(7-12)8-16(10-20-17)14-5-6-23-18(9-14)21-19(22-23)13-2-3-13/h1,4-11,13H,2-3H2. The van der Waals surface area contributed by atoms with Gasteiger partial charge in [0.2, 0.25) is 0 Å². The molecular weight excluding hydrogens is 300 g/mol. The van der Waals surface area contributed by atoms with Crippen molar-refractivity contribution in [2.24, 2.45) is 0 Å². The number of aromatic nitrogens is 4. The molecule has 0 atom stereocenters. The number of nitrogens with zero attached hydrogens (tertiary/aromatic N) is 4. The molecule has 4 aromatic rings. The van der Waals surface area contributed by atoms with E-state index >= 15 is 0 Å². The summed E-state index contributed by atoms with van der Waals surface area (Å²) < 4.78 is 1.83. The van der Waals surface area contributed by atoms with Gasteiger partial charge < -0.3 is 0 Å². The van der Waals surface area contributed by atoms with Crippen LogP contribution >= 0.6 is 0 Å². The van der Waals surface area contributed by atoms with Crippen LogP contribution in [0.15, 0.2) is 48.8 Å². The lowest BCUT2D eigenvalue weighted by Gasteiger charge is -2.04. The Kier molecular flexibility index (Phi) is 2.76. The minimum absolute atomic E-state index is 0.539. The first kappa shape index (κ1) is 13.4. The Morgan fingerprint density at radius 2 is 2.00 bits per heavy atom. The van der Waals surface area contributed by atoms with Crippen LogP contribution in [-0.2, 0) is 0 Å². The van der Waals surface area contributed by atoms with E-state index in [4.69, 9.17) is 0 Å². The summed E-state index contributed by atoms with van der Waals surface area (Å²) in [7, 11) is 0. The zero-order chi connectivity index (χ0) is 16.1. The Labute approximate surface area is 138 Å². The van der Waals surface area contributed by atoms with Crippen molar-refractivity contribution in [2.45, 2.75) is 18.8 Å². The molecule has 1 aliphatic carbocycles. The van der Waals surface area contributed by atoms with E-state index in [1.165, 1.54) is 12.8 Å². The SMILES string of the molecule is O=Cc1ccc2ncc(-c3ccn4nc(C5CC5)nc4c3)cc2c1. The summed E-state index contributed by atoms with van der Waals surface area (Å²) in [5.41, 5.74) is 4.44. The van der Waals surface area contributed by atoms with Gasteiger partial charge in [-0.15, -0.1) is 0 Å². The van der Waals surface area contributed by atoms with E-state index in [1.807, 2.05) is 41.2 Å². The summed E-state index contributed by atoms with van der Waals surface area (Å²) >= 11 is 0. The average Bonchev–Trinajstić information content (AvgIpc) is 3.39. The van der Waals surface area contributed by atoms with Gasteiger partial charge in [-0.3, -0.25) is 9.78 Å². The quantitative estimate of drug-likeness (QED) is 0.542. The maximum Gasteiger partial charge on any atom is 0.156 e. The first-order valence-electron chi connectivity index (χ1n) is 8.02. The maximum atomic E-state index is 11.0. The molecule has 5 nitrogen and oxygen atoms in total. The lowest BCUT2D eigenvalue weighted by molar-refractivity contribution is 0.112. The van der Waals surface area contributed by atoms with Crippen molar-refractivity contribution in [2.75, 3.05) is 0 Å². The topological polar surface area (TPSA) is 60.2 Å². The zero-order valence-corrected chi connectivity index (χ0v) is 12.9. The largest absolute Gasteiger partial charge is 0.298 e. The monoisotopic (exact) mass is 314 g/mol. The molecule has 116 valence electrons. The third-order valence-electron chi connectivity index (χ3n) is 4.47. The van der Waals surface area contributed by atoms with Gasteiger partial charge >= 0.3 is 0 Å².